The molecule has 0 spiro atoms. The number of halogens is 3. The number of nitrogens with zero attached hydrogens (tertiary/aromatic N) is 1. The fourth-order valence-corrected chi connectivity index (χ4v) is 2.18. The van der Waals surface area contributed by atoms with E-state index in [1.807, 2.05) is 0 Å². The second-order valence-corrected chi connectivity index (χ2v) is 4.97. The van der Waals surface area contributed by atoms with E-state index in [-0.39, 0.29) is 4.90 Å². The molecule has 2 aromatic rings. The van der Waals surface area contributed by atoms with Gasteiger partial charge in [-0.3, -0.25) is 9.82 Å². The molecule has 96 valence electrons. The summed E-state index contributed by atoms with van der Waals surface area (Å²) in [6.45, 7) is 0. The number of anilines is 1. The summed E-state index contributed by atoms with van der Waals surface area (Å²) in [5, 5.41) is 5.65. The minimum atomic E-state index is -4.14. The monoisotopic (exact) mass is 277 g/mol. The number of sulfonamides is 1. The van der Waals surface area contributed by atoms with Gasteiger partial charge in [0, 0.05) is 18.3 Å². The molecule has 0 bridgehead atoms. The summed E-state index contributed by atoms with van der Waals surface area (Å²) in [5.74, 6) is -4.07. The smallest absolute Gasteiger partial charge is 0.265 e. The van der Waals surface area contributed by atoms with Crippen LogP contribution < -0.4 is 4.72 Å². The van der Waals surface area contributed by atoms with E-state index in [1.54, 1.807) is 4.72 Å². The Morgan fingerprint density at radius 3 is 2.56 bits per heavy atom. The predicted molar refractivity (Wildman–Crippen MR) is 55.7 cm³/mol. The number of nitrogens with one attached hydrogen (secondary N) is 2. The van der Waals surface area contributed by atoms with Crippen molar-refractivity contribution >= 4 is 15.7 Å². The Kier molecular flexibility index (Phi) is 2.99. The molecule has 5 nitrogen and oxygen atoms in total. The number of rotatable bonds is 3. The van der Waals surface area contributed by atoms with E-state index in [0.29, 0.717) is 12.1 Å². The van der Waals surface area contributed by atoms with E-state index in [4.69, 9.17) is 0 Å². The first-order chi connectivity index (χ1) is 8.40. The van der Waals surface area contributed by atoms with Crippen LogP contribution in [0.2, 0.25) is 0 Å². The van der Waals surface area contributed by atoms with Crippen molar-refractivity contribution in [3.8, 4) is 0 Å². The summed E-state index contributed by atoms with van der Waals surface area (Å²) in [5.41, 5.74) is -0.811. The zero-order chi connectivity index (χ0) is 13.3. The standard InChI is InChI=1S/C9H6F3N3O2S/c10-5-1-7(11)9(12)8(2-5)15-18(16,17)6-3-13-14-4-6/h1-4,15H,(H,13,14). The molecule has 0 unspecified atom stereocenters. The summed E-state index contributed by atoms with van der Waals surface area (Å²) >= 11 is 0. The molecule has 0 radical (unpaired) electrons. The normalized spacial score (nSPS) is 11.5. The molecule has 0 amide bonds. The Morgan fingerprint density at radius 1 is 1.22 bits per heavy atom. The largest absolute Gasteiger partial charge is 0.284 e. The predicted octanol–water partition coefficient (Wildman–Crippen LogP) is 1.63. The van der Waals surface area contributed by atoms with Gasteiger partial charge in [-0.15, -0.1) is 0 Å². The molecule has 0 fully saturated rings. The summed E-state index contributed by atoms with van der Waals surface area (Å²) in [7, 11) is -4.14. The number of benzene rings is 1. The quantitative estimate of drug-likeness (QED) is 0.837. The van der Waals surface area contributed by atoms with E-state index in [2.05, 4.69) is 10.2 Å². The van der Waals surface area contributed by atoms with Crippen molar-refractivity contribution in [2.24, 2.45) is 0 Å². The third-order valence-corrected chi connectivity index (χ3v) is 3.35. The number of H-pyrrole nitrogens is 1. The lowest BCUT2D eigenvalue weighted by molar-refractivity contribution is 0.498. The van der Waals surface area contributed by atoms with Crippen LogP contribution in [-0.2, 0) is 10.0 Å². The average Bonchev–Trinajstić information content (AvgIpc) is 2.78. The van der Waals surface area contributed by atoms with Gasteiger partial charge in [-0.25, -0.2) is 21.6 Å². The maximum absolute atomic E-state index is 13.3. The number of aromatic amines is 1. The van der Waals surface area contributed by atoms with Gasteiger partial charge in [-0.1, -0.05) is 0 Å². The average molecular weight is 277 g/mol. The first-order valence-corrected chi connectivity index (χ1v) is 6.04. The van der Waals surface area contributed by atoms with Crippen molar-refractivity contribution in [3.63, 3.8) is 0 Å². The Morgan fingerprint density at radius 2 is 1.94 bits per heavy atom. The van der Waals surface area contributed by atoms with Gasteiger partial charge in [-0.05, 0) is 0 Å². The highest BCUT2D eigenvalue weighted by Crippen LogP contribution is 2.22. The Labute approximate surface area is 99.7 Å². The molecule has 9 heteroatoms. The van der Waals surface area contributed by atoms with Crippen LogP contribution in [0, 0.1) is 17.5 Å². The fourth-order valence-electron chi connectivity index (χ4n) is 1.22. The van der Waals surface area contributed by atoms with Gasteiger partial charge in [0.05, 0.1) is 11.9 Å². The van der Waals surface area contributed by atoms with Gasteiger partial charge >= 0.3 is 0 Å². The van der Waals surface area contributed by atoms with E-state index in [0.717, 1.165) is 12.4 Å². The van der Waals surface area contributed by atoms with Crippen LogP contribution in [-0.4, -0.2) is 18.6 Å². The van der Waals surface area contributed by atoms with Gasteiger partial charge in [0.25, 0.3) is 10.0 Å². The van der Waals surface area contributed by atoms with Crippen LogP contribution in [0.25, 0.3) is 0 Å². The molecule has 18 heavy (non-hydrogen) atoms. The summed E-state index contributed by atoms with van der Waals surface area (Å²) in [4.78, 5) is -0.286. The van der Waals surface area contributed by atoms with Crippen molar-refractivity contribution in [1.82, 2.24) is 10.2 Å². The number of hydrogen-bond acceptors (Lipinski definition) is 3. The molecule has 0 aliphatic heterocycles. The Hall–Kier alpha value is -2.03. The Balaban J connectivity index is 2.41. The third-order valence-electron chi connectivity index (χ3n) is 2.02. The van der Waals surface area contributed by atoms with Crippen molar-refractivity contribution < 1.29 is 21.6 Å². The van der Waals surface area contributed by atoms with E-state index >= 15 is 0 Å². The summed E-state index contributed by atoms with van der Waals surface area (Å²) in [6, 6.07) is 0.848. The molecular formula is C9H6F3N3O2S. The van der Waals surface area contributed by atoms with Crippen LogP contribution in [0.3, 0.4) is 0 Å². The lowest BCUT2D eigenvalue weighted by Gasteiger charge is -2.07. The maximum Gasteiger partial charge on any atom is 0.265 e. The van der Waals surface area contributed by atoms with Crippen LogP contribution in [0.15, 0.2) is 29.4 Å². The SMILES string of the molecule is O=S(=O)(Nc1cc(F)cc(F)c1F)c1cn[nH]c1. The molecule has 0 saturated heterocycles. The molecule has 0 aliphatic rings. The second-order valence-electron chi connectivity index (χ2n) is 3.29. The van der Waals surface area contributed by atoms with Crippen LogP contribution >= 0.6 is 0 Å². The molecule has 0 atom stereocenters. The van der Waals surface area contributed by atoms with E-state index < -0.39 is 33.2 Å². The highest BCUT2D eigenvalue weighted by atomic mass is 32.2. The molecule has 1 heterocycles. The lowest BCUT2D eigenvalue weighted by Crippen LogP contribution is -2.14. The van der Waals surface area contributed by atoms with Gasteiger partial charge in [0.1, 0.15) is 10.7 Å². The molecule has 0 aliphatic carbocycles. The molecule has 1 aromatic carbocycles. The molecule has 2 N–H and O–H groups in total. The minimum Gasteiger partial charge on any atom is -0.284 e. The summed E-state index contributed by atoms with van der Waals surface area (Å²) in [6.07, 6.45) is 2.01. The van der Waals surface area contributed by atoms with E-state index in [1.165, 1.54) is 0 Å². The first-order valence-electron chi connectivity index (χ1n) is 4.56. The van der Waals surface area contributed by atoms with Crippen molar-refractivity contribution in [2.45, 2.75) is 4.90 Å². The minimum absolute atomic E-state index is 0.286. The fraction of sp³-hybridized carbons (Fsp3) is 0. The summed E-state index contributed by atoms with van der Waals surface area (Å²) < 4.78 is 64.1. The lowest BCUT2D eigenvalue weighted by atomic mass is 10.3. The molecule has 1 aromatic heterocycles. The van der Waals surface area contributed by atoms with Gasteiger partial charge in [0.2, 0.25) is 0 Å². The van der Waals surface area contributed by atoms with Crippen molar-refractivity contribution in [2.75, 3.05) is 4.72 Å². The highest BCUT2D eigenvalue weighted by molar-refractivity contribution is 7.92. The topological polar surface area (TPSA) is 74.8 Å². The highest BCUT2D eigenvalue weighted by Gasteiger charge is 2.19. The van der Waals surface area contributed by atoms with Crippen LogP contribution in [0.1, 0.15) is 0 Å². The zero-order valence-corrected chi connectivity index (χ0v) is 9.43. The van der Waals surface area contributed by atoms with Gasteiger partial charge in [0.15, 0.2) is 11.6 Å². The van der Waals surface area contributed by atoms with Crippen LogP contribution in [0.4, 0.5) is 18.9 Å². The van der Waals surface area contributed by atoms with Gasteiger partial charge < -0.3 is 0 Å². The number of hydrogen-bond donors (Lipinski definition) is 2. The second kappa shape index (κ2) is 4.33. The third kappa shape index (κ3) is 2.30. The van der Waals surface area contributed by atoms with Gasteiger partial charge in [-0.2, -0.15) is 5.10 Å². The first kappa shape index (κ1) is 12.4. The zero-order valence-electron chi connectivity index (χ0n) is 8.62. The molecular weight excluding hydrogens is 271 g/mol. The Bertz CT molecular complexity index is 671. The number of aromatic nitrogens is 2. The maximum atomic E-state index is 13.3. The van der Waals surface area contributed by atoms with Crippen molar-refractivity contribution in [1.29, 1.82) is 0 Å². The van der Waals surface area contributed by atoms with Crippen LogP contribution in [0.5, 0.6) is 0 Å². The molecule has 2 rings (SSSR count). The van der Waals surface area contributed by atoms with E-state index in [9.17, 15) is 21.6 Å². The molecule has 0 saturated carbocycles. The van der Waals surface area contributed by atoms with Crippen molar-refractivity contribution in [3.05, 3.63) is 42.0 Å².